The summed E-state index contributed by atoms with van der Waals surface area (Å²) in [6, 6.07) is -0.683. The molecule has 1 N–H and O–H groups in total. The molecule has 1 amide bonds. The second kappa shape index (κ2) is 6.71. The molecule has 21 heavy (non-hydrogen) atoms. The molecule has 8 nitrogen and oxygen atoms in total. The summed E-state index contributed by atoms with van der Waals surface area (Å²) in [4.78, 5) is 25.4. The van der Waals surface area contributed by atoms with Crippen molar-refractivity contribution in [2.45, 2.75) is 18.9 Å². The SMILES string of the molecule is COC(=O)CS(=O)(=O)N1CCCC1C(=O)N1CCNCC1. The van der Waals surface area contributed by atoms with Crippen LogP contribution in [0.2, 0.25) is 0 Å². The molecule has 0 bridgehead atoms. The van der Waals surface area contributed by atoms with Gasteiger partial charge in [0, 0.05) is 32.7 Å². The van der Waals surface area contributed by atoms with Gasteiger partial charge >= 0.3 is 5.97 Å². The van der Waals surface area contributed by atoms with E-state index < -0.39 is 27.8 Å². The molecule has 1 atom stereocenters. The average molecular weight is 319 g/mol. The highest BCUT2D eigenvalue weighted by molar-refractivity contribution is 7.89. The number of nitrogens with zero attached hydrogens (tertiary/aromatic N) is 2. The number of carbonyl (C=O) groups is 2. The highest BCUT2D eigenvalue weighted by atomic mass is 32.2. The van der Waals surface area contributed by atoms with E-state index in [1.54, 1.807) is 4.90 Å². The van der Waals surface area contributed by atoms with Crippen molar-refractivity contribution in [3.8, 4) is 0 Å². The van der Waals surface area contributed by atoms with E-state index in [4.69, 9.17) is 0 Å². The zero-order valence-corrected chi connectivity index (χ0v) is 12.9. The van der Waals surface area contributed by atoms with Gasteiger partial charge in [0.25, 0.3) is 0 Å². The zero-order chi connectivity index (χ0) is 15.5. The standard InChI is InChI=1S/C12H21N3O5S/c1-20-11(16)9-21(18,19)15-6-2-3-10(15)12(17)14-7-4-13-5-8-14/h10,13H,2-9H2,1H3. The average Bonchev–Trinajstić information content (AvgIpc) is 2.97. The largest absolute Gasteiger partial charge is 0.468 e. The molecule has 0 saturated carbocycles. The molecule has 0 aromatic rings. The molecule has 2 saturated heterocycles. The van der Waals surface area contributed by atoms with Crippen molar-refractivity contribution < 1.29 is 22.7 Å². The topological polar surface area (TPSA) is 96.0 Å². The highest BCUT2D eigenvalue weighted by Crippen LogP contribution is 2.23. The lowest BCUT2D eigenvalue weighted by Crippen LogP contribution is -2.53. The van der Waals surface area contributed by atoms with Crippen LogP contribution in [-0.2, 0) is 24.3 Å². The van der Waals surface area contributed by atoms with Crippen LogP contribution >= 0.6 is 0 Å². The maximum absolute atomic E-state index is 12.5. The number of rotatable bonds is 4. The number of esters is 1. The Morgan fingerprint density at radius 3 is 2.52 bits per heavy atom. The summed E-state index contributed by atoms with van der Waals surface area (Å²) >= 11 is 0. The van der Waals surface area contributed by atoms with Gasteiger partial charge in [0.1, 0.15) is 6.04 Å². The van der Waals surface area contributed by atoms with Crippen LogP contribution in [0, 0.1) is 0 Å². The summed E-state index contributed by atoms with van der Waals surface area (Å²) < 4.78 is 30.1. The predicted octanol–water partition coefficient (Wildman–Crippen LogP) is -1.61. The van der Waals surface area contributed by atoms with Gasteiger partial charge in [-0.1, -0.05) is 0 Å². The monoisotopic (exact) mass is 319 g/mol. The first-order valence-electron chi connectivity index (χ1n) is 7.01. The Bertz CT molecular complexity index is 501. The van der Waals surface area contributed by atoms with E-state index in [0.717, 1.165) is 11.4 Å². The minimum atomic E-state index is -3.81. The van der Waals surface area contributed by atoms with Crippen molar-refractivity contribution in [3.05, 3.63) is 0 Å². The minimum absolute atomic E-state index is 0.164. The van der Waals surface area contributed by atoms with E-state index in [0.29, 0.717) is 39.0 Å². The fourth-order valence-corrected chi connectivity index (χ4v) is 4.28. The Morgan fingerprint density at radius 2 is 1.90 bits per heavy atom. The van der Waals surface area contributed by atoms with Crippen molar-refractivity contribution >= 4 is 21.9 Å². The number of methoxy groups -OCH3 is 1. The van der Waals surface area contributed by atoms with E-state index >= 15 is 0 Å². The van der Waals surface area contributed by atoms with Gasteiger partial charge in [-0.25, -0.2) is 8.42 Å². The summed E-state index contributed by atoms with van der Waals surface area (Å²) in [6.45, 7) is 2.88. The molecule has 0 spiro atoms. The lowest BCUT2D eigenvalue weighted by atomic mass is 10.2. The van der Waals surface area contributed by atoms with Gasteiger partial charge in [-0.3, -0.25) is 9.59 Å². The smallest absolute Gasteiger partial charge is 0.322 e. The van der Waals surface area contributed by atoms with Crippen LogP contribution in [0.1, 0.15) is 12.8 Å². The maximum Gasteiger partial charge on any atom is 0.322 e. The molecular weight excluding hydrogens is 298 g/mol. The normalized spacial score (nSPS) is 24.0. The molecular formula is C12H21N3O5S. The molecule has 2 aliphatic rings. The van der Waals surface area contributed by atoms with Gasteiger partial charge in [-0.05, 0) is 12.8 Å². The number of amides is 1. The second-order valence-corrected chi connectivity index (χ2v) is 7.10. The first kappa shape index (κ1) is 16.2. The molecule has 0 aromatic carbocycles. The van der Waals surface area contributed by atoms with Crippen LogP contribution in [0.15, 0.2) is 0 Å². The van der Waals surface area contributed by atoms with E-state index in [9.17, 15) is 18.0 Å². The predicted molar refractivity (Wildman–Crippen MR) is 75.0 cm³/mol. The van der Waals surface area contributed by atoms with Crippen LogP contribution < -0.4 is 5.32 Å². The first-order valence-corrected chi connectivity index (χ1v) is 8.62. The Morgan fingerprint density at radius 1 is 1.24 bits per heavy atom. The molecule has 2 fully saturated rings. The number of hydrogen-bond acceptors (Lipinski definition) is 6. The number of ether oxygens (including phenoxy) is 1. The van der Waals surface area contributed by atoms with Gasteiger partial charge in [0.15, 0.2) is 5.75 Å². The van der Waals surface area contributed by atoms with Crippen molar-refractivity contribution in [3.63, 3.8) is 0 Å². The van der Waals surface area contributed by atoms with Gasteiger partial charge in [0.05, 0.1) is 7.11 Å². The highest BCUT2D eigenvalue weighted by Gasteiger charge is 2.41. The van der Waals surface area contributed by atoms with E-state index in [1.807, 2.05) is 0 Å². The zero-order valence-electron chi connectivity index (χ0n) is 12.1. The Hall–Kier alpha value is -1.19. The molecule has 2 heterocycles. The summed E-state index contributed by atoms with van der Waals surface area (Å²) in [5.74, 6) is -1.69. The van der Waals surface area contributed by atoms with Crippen molar-refractivity contribution in [1.29, 1.82) is 0 Å². The lowest BCUT2D eigenvalue weighted by molar-refractivity contribution is -0.138. The summed E-state index contributed by atoms with van der Waals surface area (Å²) in [5, 5.41) is 3.15. The first-order chi connectivity index (χ1) is 9.95. The quantitative estimate of drug-likeness (QED) is 0.626. The third kappa shape index (κ3) is 3.72. The van der Waals surface area contributed by atoms with Crippen LogP contribution in [0.4, 0.5) is 0 Å². The van der Waals surface area contributed by atoms with Crippen molar-refractivity contribution in [2.75, 3.05) is 45.6 Å². The van der Waals surface area contributed by atoms with Crippen LogP contribution in [0.5, 0.6) is 0 Å². The number of hydrogen-bond donors (Lipinski definition) is 1. The number of sulfonamides is 1. The van der Waals surface area contributed by atoms with Gasteiger partial charge < -0.3 is 15.0 Å². The van der Waals surface area contributed by atoms with Crippen LogP contribution in [0.25, 0.3) is 0 Å². The molecule has 0 aromatic heterocycles. The number of piperazine rings is 1. The minimum Gasteiger partial charge on any atom is -0.468 e. The third-order valence-electron chi connectivity index (χ3n) is 3.80. The van der Waals surface area contributed by atoms with Crippen molar-refractivity contribution in [1.82, 2.24) is 14.5 Å². The molecule has 0 aliphatic carbocycles. The molecule has 1 unspecified atom stereocenters. The van der Waals surface area contributed by atoms with Crippen molar-refractivity contribution in [2.24, 2.45) is 0 Å². The molecule has 2 rings (SSSR count). The van der Waals surface area contributed by atoms with E-state index in [2.05, 4.69) is 10.1 Å². The van der Waals surface area contributed by atoms with Gasteiger partial charge in [-0.2, -0.15) is 4.31 Å². The summed E-state index contributed by atoms with van der Waals surface area (Å²) in [5.41, 5.74) is 0. The summed E-state index contributed by atoms with van der Waals surface area (Å²) in [7, 11) is -2.66. The van der Waals surface area contributed by atoms with Gasteiger partial charge in [0.2, 0.25) is 15.9 Å². The maximum atomic E-state index is 12.5. The third-order valence-corrected chi connectivity index (χ3v) is 5.55. The fraction of sp³-hybridized carbons (Fsp3) is 0.833. The van der Waals surface area contributed by atoms with E-state index in [1.165, 1.54) is 0 Å². The van der Waals surface area contributed by atoms with Crippen LogP contribution in [-0.4, -0.2) is 81.1 Å². The Labute approximate surface area is 124 Å². The van der Waals surface area contributed by atoms with Crippen LogP contribution in [0.3, 0.4) is 0 Å². The Kier molecular flexibility index (Phi) is 5.17. The fourth-order valence-electron chi connectivity index (χ4n) is 2.71. The number of nitrogens with one attached hydrogen (secondary N) is 1. The molecule has 2 aliphatic heterocycles. The molecule has 0 radical (unpaired) electrons. The summed E-state index contributed by atoms with van der Waals surface area (Å²) in [6.07, 6.45) is 1.13. The van der Waals surface area contributed by atoms with E-state index in [-0.39, 0.29) is 12.5 Å². The second-order valence-electron chi connectivity index (χ2n) is 5.18. The Balaban J connectivity index is 2.08. The lowest BCUT2D eigenvalue weighted by Gasteiger charge is -2.32. The van der Waals surface area contributed by atoms with Gasteiger partial charge in [-0.15, -0.1) is 0 Å². The number of carbonyl (C=O) groups excluding carboxylic acids is 2. The molecule has 120 valence electrons. The molecule has 9 heteroatoms.